The van der Waals surface area contributed by atoms with Gasteiger partial charge in [0.15, 0.2) is 0 Å². The average molecular weight is 239 g/mol. The molecule has 2 heteroatoms. The third kappa shape index (κ3) is 3.96. The Morgan fingerprint density at radius 1 is 1.24 bits per heavy atom. The lowest BCUT2D eigenvalue weighted by molar-refractivity contribution is -0.0271. The molecular weight excluding hydrogens is 210 g/mol. The number of hydrogen-bond acceptors (Lipinski definition) is 2. The highest BCUT2D eigenvalue weighted by Crippen LogP contribution is 2.36. The van der Waals surface area contributed by atoms with E-state index in [1.807, 2.05) is 0 Å². The first-order valence-electron chi connectivity index (χ1n) is 7.50. The Bertz CT molecular complexity index is 237. The minimum atomic E-state index is 0.139. The molecule has 1 saturated carbocycles. The van der Waals surface area contributed by atoms with Crippen molar-refractivity contribution in [3.8, 4) is 0 Å². The summed E-state index contributed by atoms with van der Waals surface area (Å²) in [4.78, 5) is 0. The maximum absolute atomic E-state index is 6.13. The van der Waals surface area contributed by atoms with E-state index in [1.165, 1.54) is 44.9 Å². The Balaban J connectivity index is 1.75. The van der Waals surface area contributed by atoms with Crippen LogP contribution in [0.25, 0.3) is 0 Å². The van der Waals surface area contributed by atoms with E-state index in [-0.39, 0.29) is 5.60 Å². The van der Waals surface area contributed by atoms with Crippen molar-refractivity contribution in [2.24, 2.45) is 5.92 Å². The maximum Gasteiger partial charge on any atom is 0.0631 e. The van der Waals surface area contributed by atoms with Crippen molar-refractivity contribution in [3.63, 3.8) is 0 Å². The van der Waals surface area contributed by atoms with Crippen LogP contribution in [0.2, 0.25) is 0 Å². The van der Waals surface area contributed by atoms with Gasteiger partial charge in [-0.15, -0.1) is 0 Å². The van der Waals surface area contributed by atoms with Crippen LogP contribution >= 0.6 is 0 Å². The molecule has 1 saturated heterocycles. The number of rotatable bonds is 4. The normalized spacial score (nSPS) is 37.2. The predicted octanol–water partition coefficient (Wildman–Crippen LogP) is 3.50. The van der Waals surface area contributed by atoms with Crippen LogP contribution in [0.4, 0.5) is 0 Å². The lowest BCUT2D eigenvalue weighted by Gasteiger charge is -2.31. The zero-order valence-electron chi connectivity index (χ0n) is 11.8. The smallest absolute Gasteiger partial charge is 0.0631 e. The molecule has 1 aliphatic heterocycles. The van der Waals surface area contributed by atoms with Crippen LogP contribution in [0.15, 0.2) is 0 Å². The summed E-state index contributed by atoms with van der Waals surface area (Å²) >= 11 is 0. The Labute approximate surface area is 107 Å². The molecule has 3 unspecified atom stereocenters. The SMILES string of the molecule is CCNC1CCCC(CC2CCC(C)(C)O2)C1. The highest BCUT2D eigenvalue weighted by atomic mass is 16.5. The van der Waals surface area contributed by atoms with Crippen LogP contribution < -0.4 is 5.32 Å². The van der Waals surface area contributed by atoms with Gasteiger partial charge in [-0.3, -0.25) is 0 Å². The standard InChI is InChI=1S/C15H29NO/c1-4-16-13-7-5-6-12(10-13)11-14-8-9-15(2,3)17-14/h12-14,16H,4-11H2,1-3H3. The van der Waals surface area contributed by atoms with E-state index in [9.17, 15) is 0 Å². The molecule has 1 heterocycles. The Morgan fingerprint density at radius 3 is 2.71 bits per heavy atom. The number of hydrogen-bond donors (Lipinski definition) is 1. The van der Waals surface area contributed by atoms with E-state index < -0.39 is 0 Å². The summed E-state index contributed by atoms with van der Waals surface area (Å²) in [5.41, 5.74) is 0.139. The van der Waals surface area contributed by atoms with Crippen LogP contribution in [0.5, 0.6) is 0 Å². The largest absolute Gasteiger partial charge is 0.372 e. The molecule has 2 nitrogen and oxygen atoms in total. The lowest BCUT2D eigenvalue weighted by Crippen LogP contribution is -2.35. The molecule has 2 fully saturated rings. The summed E-state index contributed by atoms with van der Waals surface area (Å²) in [7, 11) is 0. The third-order valence-corrected chi connectivity index (χ3v) is 4.43. The van der Waals surface area contributed by atoms with Gasteiger partial charge in [0.05, 0.1) is 11.7 Å². The van der Waals surface area contributed by atoms with Crippen molar-refractivity contribution in [3.05, 3.63) is 0 Å². The lowest BCUT2D eigenvalue weighted by atomic mass is 9.82. The highest BCUT2D eigenvalue weighted by molar-refractivity contribution is 4.85. The Hall–Kier alpha value is -0.0800. The highest BCUT2D eigenvalue weighted by Gasteiger charge is 2.33. The molecule has 0 aromatic rings. The summed E-state index contributed by atoms with van der Waals surface area (Å²) in [6, 6.07) is 0.771. The molecule has 0 spiro atoms. The van der Waals surface area contributed by atoms with Gasteiger partial charge in [0, 0.05) is 6.04 Å². The van der Waals surface area contributed by atoms with Crippen molar-refractivity contribution < 1.29 is 4.74 Å². The number of ether oxygens (including phenoxy) is 1. The molecule has 2 rings (SSSR count). The molecule has 0 radical (unpaired) electrons. The molecular formula is C15H29NO. The molecule has 1 aliphatic carbocycles. The maximum atomic E-state index is 6.13. The molecule has 0 bridgehead atoms. The summed E-state index contributed by atoms with van der Waals surface area (Å²) in [6.07, 6.45) is 9.91. The summed E-state index contributed by atoms with van der Waals surface area (Å²) in [5, 5.41) is 3.61. The van der Waals surface area contributed by atoms with Crippen molar-refractivity contribution in [1.29, 1.82) is 0 Å². The van der Waals surface area contributed by atoms with Crippen molar-refractivity contribution >= 4 is 0 Å². The Morgan fingerprint density at radius 2 is 2.06 bits per heavy atom. The van der Waals surface area contributed by atoms with Crippen LogP contribution in [0, 0.1) is 5.92 Å². The molecule has 17 heavy (non-hydrogen) atoms. The summed E-state index contributed by atoms with van der Waals surface area (Å²) in [6.45, 7) is 7.79. The zero-order valence-corrected chi connectivity index (χ0v) is 11.8. The fourth-order valence-electron chi connectivity index (χ4n) is 3.59. The molecule has 2 aliphatic rings. The Kier molecular flexibility index (Phi) is 4.48. The first-order valence-corrected chi connectivity index (χ1v) is 7.50. The van der Waals surface area contributed by atoms with E-state index in [4.69, 9.17) is 4.74 Å². The fourth-order valence-corrected chi connectivity index (χ4v) is 3.59. The van der Waals surface area contributed by atoms with Crippen LogP contribution in [-0.2, 0) is 4.74 Å². The first-order chi connectivity index (χ1) is 8.09. The minimum absolute atomic E-state index is 0.139. The second-order valence-corrected chi connectivity index (χ2v) is 6.56. The zero-order chi connectivity index (χ0) is 12.3. The second kappa shape index (κ2) is 5.71. The molecule has 0 amide bonds. The van der Waals surface area contributed by atoms with Gasteiger partial charge in [-0.1, -0.05) is 19.8 Å². The minimum Gasteiger partial charge on any atom is -0.372 e. The van der Waals surface area contributed by atoms with Gasteiger partial charge >= 0.3 is 0 Å². The summed E-state index contributed by atoms with van der Waals surface area (Å²) in [5.74, 6) is 0.895. The number of nitrogens with one attached hydrogen (secondary N) is 1. The van der Waals surface area contributed by atoms with Gasteiger partial charge < -0.3 is 10.1 Å². The van der Waals surface area contributed by atoms with Crippen molar-refractivity contribution in [1.82, 2.24) is 5.32 Å². The third-order valence-electron chi connectivity index (χ3n) is 4.43. The van der Waals surface area contributed by atoms with Crippen LogP contribution in [0.3, 0.4) is 0 Å². The quantitative estimate of drug-likeness (QED) is 0.810. The fraction of sp³-hybridized carbons (Fsp3) is 1.00. The topological polar surface area (TPSA) is 21.3 Å². The van der Waals surface area contributed by atoms with Gasteiger partial charge in [-0.05, 0) is 58.4 Å². The molecule has 3 atom stereocenters. The van der Waals surface area contributed by atoms with E-state index >= 15 is 0 Å². The van der Waals surface area contributed by atoms with Gasteiger partial charge in [0.1, 0.15) is 0 Å². The first kappa shape index (κ1) is 13.4. The average Bonchev–Trinajstić information content (AvgIpc) is 2.59. The van der Waals surface area contributed by atoms with Crippen molar-refractivity contribution in [2.75, 3.05) is 6.54 Å². The van der Waals surface area contributed by atoms with E-state index in [0.29, 0.717) is 6.10 Å². The van der Waals surface area contributed by atoms with E-state index in [1.54, 1.807) is 0 Å². The molecule has 1 N–H and O–H groups in total. The van der Waals surface area contributed by atoms with Gasteiger partial charge in [-0.25, -0.2) is 0 Å². The van der Waals surface area contributed by atoms with Gasteiger partial charge in [0.25, 0.3) is 0 Å². The monoisotopic (exact) mass is 239 g/mol. The molecule has 0 aromatic carbocycles. The second-order valence-electron chi connectivity index (χ2n) is 6.56. The predicted molar refractivity (Wildman–Crippen MR) is 72.2 cm³/mol. The van der Waals surface area contributed by atoms with Crippen LogP contribution in [0.1, 0.15) is 65.7 Å². The van der Waals surface area contributed by atoms with E-state index in [2.05, 4.69) is 26.1 Å². The van der Waals surface area contributed by atoms with Gasteiger partial charge in [-0.2, -0.15) is 0 Å². The van der Waals surface area contributed by atoms with Gasteiger partial charge in [0.2, 0.25) is 0 Å². The molecule has 0 aromatic heterocycles. The van der Waals surface area contributed by atoms with E-state index in [0.717, 1.165) is 18.5 Å². The van der Waals surface area contributed by atoms with Crippen molar-refractivity contribution in [2.45, 2.75) is 83.5 Å². The summed E-state index contributed by atoms with van der Waals surface area (Å²) < 4.78 is 6.13. The molecule has 100 valence electrons. The van der Waals surface area contributed by atoms with Crippen LogP contribution in [-0.4, -0.2) is 24.3 Å².